The van der Waals surface area contributed by atoms with Gasteiger partial charge in [-0.15, -0.1) is 0 Å². The second-order valence-corrected chi connectivity index (χ2v) is 9.08. The van der Waals surface area contributed by atoms with Crippen LogP contribution in [0.15, 0.2) is 36.7 Å². The van der Waals surface area contributed by atoms with Crippen LogP contribution in [0.5, 0.6) is 0 Å². The molecule has 0 radical (unpaired) electrons. The Balaban J connectivity index is 1.36. The molecule has 1 saturated carbocycles. The van der Waals surface area contributed by atoms with Gasteiger partial charge in [0, 0.05) is 12.6 Å². The molecule has 4 atom stereocenters. The number of aromatic nitrogens is 4. The van der Waals surface area contributed by atoms with E-state index in [1.54, 1.807) is 0 Å². The number of rotatable bonds is 6. The summed E-state index contributed by atoms with van der Waals surface area (Å²) in [5, 5.41) is 23.9. The molecule has 2 aliphatic rings. The van der Waals surface area contributed by atoms with Gasteiger partial charge in [-0.1, -0.05) is 36.3 Å². The van der Waals surface area contributed by atoms with Crippen LogP contribution < -0.4 is 11.1 Å². The first-order chi connectivity index (χ1) is 18.4. The van der Waals surface area contributed by atoms with Crippen molar-refractivity contribution >= 4 is 29.0 Å². The molecule has 2 amide bonds. The number of nitrogens with two attached hydrogens (primary N) is 1. The molecule has 3 heterocycles. The molecule has 38 heavy (non-hydrogen) atoms. The molecule has 0 bridgehead atoms. The molecular formula is C25H27N7O6. The maximum Gasteiger partial charge on any atom is 0.410 e. The molecule has 13 heteroatoms. The molecule has 5 N–H and O–H groups in total. The molecule has 5 rings (SSSR count). The number of carbonyl (C=O) groups excluding carboxylic acids is 2. The Bertz CT molecular complexity index is 1400. The Kier molecular flexibility index (Phi) is 7.10. The van der Waals surface area contributed by atoms with Crippen LogP contribution in [-0.2, 0) is 20.8 Å². The summed E-state index contributed by atoms with van der Waals surface area (Å²) >= 11 is 0. The van der Waals surface area contributed by atoms with Crippen molar-refractivity contribution in [2.24, 2.45) is 0 Å². The molecule has 3 aromatic rings. The van der Waals surface area contributed by atoms with Crippen LogP contribution in [0.25, 0.3) is 11.2 Å². The number of aliphatic hydroxyl groups is 2. The van der Waals surface area contributed by atoms with Crippen molar-refractivity contribution in [2.45, 2.75) is 50.0 Å². The lowest BCUT2D eigenvalue weighted by Gasteiger charge is -2.18. The fourth-order valence-electron chi connectivity index (χ4n) is 4.13. The highest BCUT2D eigenvalue weighted by Crippen LogP contribution is 2.33. The van der Waals surface area contributed by atoms with E-state index in [1.165, 1.54) is 22.9 Å². The van der Waals surface area contributed by atoms with E-state index in [4.69, 9.17) is 15.2 Å². The number of methoxy groups -OCH3 is 1. The third kappa shape index (κ3) is 5.23. The number of ether oxygens (including phenoxy) is 2. The van der Waals surface area contributed by atoms with Gasteiger partial charge in [-0.25, -0.2) is 19.7 Å². The van der Waals surface area contributed by atoms with Gasteiger partial charge in [-0.3, -0.25) is 14.3 Å². The van der Waals surface area contributed by atoms with E-state index < -0.39 is 36.5 Å². The lowest BCUT2D eigenvalue weighted by atomic mass is 10.1. The van der Waals surface area contributed by atoms with E-state index in [1.807, 2.05) is 30.3 Å². The zero-order valence-electron chi connectivity index (χ0n) is 20.5. The number of nitrogens with one attached hydrogen (secondary N) is 1. The number of carbonyl (C=O) groups is 2. The van der Waals surface area contributed by atoms with Crippen LogP contribution >= 0.6 is 0 Å². The van der Waals surface area contributed by atoms with Gasteiger partial charge in [0.15, 0.2) is 23.8 Å². The minimum atomic E-state index is -1.44. The van der Waals surface area contributed by atoms with Gasteiger partial charge < -0.3 is 30.7 Å². The minimum absolute atomic E-state index is 0.0383. The summed E-state index contributed by atoms with van der Waals surface area (Å²) in [6.45, 7) is 0.336. The third-order valence-electron chi connectivity index (χ3n) is 6.26. The number of imidazole rings is 1. The zero-order valence-corrected chi connectivity index (χ0v) is 20.5. The standard InChI is InChI=1S/C25H27N7O6/c1-37-25(36)31(12-14-6-3-2-4-7-14)11-5-8-16-29-21(26)17-22(30-16)32(13-27-17)24-19(34)18(33)20(38-24)23(35)28-15-9-10-15/h2-4,6-7,13,15,18-20,24,33-34H,9-12H2,1H3,(H,28,35)(H2,26,29,30)/t18-,19+,20-,24+/m0/s1. The van der Waals surface area contributed by atoms with Crippen LogP contribution in [0.3, 0.4) is 0 Å². The van der Waals surface area contributed by atoms with Gasteiger partial charge >= 0.3 is 6.09 Å². The predicted molar refractivity (Wildman–Crippen MR) is 133 cm³/mol. The molecule has 13 nitrogen and oxygen atoms in total. The second kappa shape index (κ2) is 10.6. The SMILES string of the molecule is COC(=O)N(CC#Cc1nc(N)c2ncn([C@@H]3O[C@H](C(=O)NC4CC4)[C@@H](O)[C@H]3O)c2n1)Cc1ccccc1. The minimum Gasteiger partial charge on any atom is -0.453 e. The number of hydrogen-bond acceptors (Lipinski definition) is 10. The first-order valence-corrected chi connectivity index (χ1v) is 12.0. The fraction of sp³-hybridized carbons (Fsp3) is 0.400. The average molecular weight is 522 g/mol. The van der Waals surface area contributed by atoms with Crippen LogP contribution in [0, 0.1) is 11.8 Å². The summed E-state index contributed by atoms with van der Waals surface area (Å²) in [4.78, 5) is 38.9. The van der Waals surface area contributed by atoms with Gasteiger partial charge in [-0.2, -0.15) is 0 Å². The van der Waals surface area contributed by atoms with Crippen molar-refractivity contribution in [3.63, 3.8) is 0 Å². The van der Waals surface area contributed by atoms with E-state index in [0.29, 0.717) is 6.54 Å². The van der Waals surface area contributed by atoms with Crippen LogP contribution in [0.2, 0.25) is 0 Å². The highest BCUT2D eigenvalue weighted by molar-refractivity contribution is 5.83. The number of fused-ring (bicyclic) bond motifs is 1. The van der Waals surface area contributed by atoms with Crippen molar-refractivity contribution in [3.05, 3.63) is 48.0 Å². The second-order valence-electron chi connectivity index (χ2n) is 9.08. The molecule has 2 fully saturated rings. The number of nitrogen functional groups attached to an aromatic ring is 1. The molecule has 1 aromatic carbocycles. The smallest absolute Gasteiger partial charge is 0.410 e. The molecule has 1 aliphatic heterocycles. The Hall–Kier alpha value is -4.25. The monoisotopic (exact) mass is 521 g/mol. The van der Waals surface area contributed by atoms with E-state index >= 15 is 0 Å². The number of aliphatic hydroxyl groups excluding tert-OH is 2. The first kappa shape index (κ1) is 25.4. The van der Waals surface area contributed by atoms with Crippen molar-refractivity contribution in [1.29, 1.82) is 0 Å². The van der Waals surface area contributed by atoms with Gasteiger partial charge in [0.2, 0.25) is 5.82 Å². The van der Waals surface area contributed by atoms with E-state index in [2.05, 4.69) is 32.1 Å². The molecule has 0 unspecified atom stereocenters. The van der Waals surface area contributed by atoms with E-state index in [-0.39, 0.29) is 35.4 Å². The maximum atomic E-state index is 12.5. The van der Waals surface area contributed by atoms with Gasteiger partial charge in [0.25, 0.3) is 5.91 Å². The van der Waals surface area contributed by atoms with Gasteiger partial charge in [-0.05, 0) is 24.3 Å². The van der Waals surface area contributed by atoms with E-state index in [9.17, 15) is 19.8 Å². The lowest BCUT2D eigenvalue weighted by Crippen LogP contribution is -2.43. The topological polar surface area (TPSA) is 178 Å². The number of amides is 2. The van der Waals surface area contributed by atoms with E-state index in [0.717, 1.165) is 18.4 Å². The molecule has 1 aliphatic carbocycles. The molecular weight excluding hydrogens is 494 g/mol. The van der Waals surface area contributed by atoms with Crippen LogP contribution in [0.1, 0.15) is 30.5 Å². The summed E-state index contributed by atoms with van der Waals surface area (Å²) in [5.74, 6) is 5.27. The Morgan fingerprint density at radius 3 is 2.71 bits per heavy atom. The number of hydrogen-bond donors (Lipinski definition) is 4. The Labute approximate surface area is 217 Å². The summed E-state index contributed by atoms with van der Waals surface area (Å²) in [6, 6.07) is 9.47. The highest BCUT2D eigenvalue weighted by Gasteiger charge is 2.48. The third-order valence-corrected chi connectivity index (χ3v) is 6.26. The van der Waals surface area contributed by atoms with Crippen molar-refractivity contribution in [2.75, 3.05) is 19.4 Å². The molecule has 198 valence electrons. The summed E-state index contributed by atoms with van der Waals surface area (Å²) in [6.07, 6.45) is -2.70. The van der Waals surface area contributed by atoms with Gasteiger partial charge in [0.05, 0.1) is 20.0 Å². The van der Waals surface area contributed by atoms with Crippen molar-refractivity contribution < 1.29 is 29.3 Å². The van der Waals surface area contributed by atoms with Crippen molar-refractivity contribution in [1.82, 2.24) is 29.7 Å². The summed E-state index contributed by atoms with van der Waals surface area (Å²) in [5.41, 5.74) is 7.43. The van der Waals surface area contributed by atoms with Crippen LogP contribution in [0.4, 0.5) is 10.6 Å². The number of nitrogens with zero attached hydrogens (tertiary/aromatic N) is 5. The fourth-order valence-corrected chi connectivity index (χ4v) is 4.13. The maximum absolute atomic E-state index is 12.5. The number of anilines is 1. The van der Waals surface area contributed by atoms with Crippen molar-refractivity contribution in [3.8, 4) is 11.8 Å². The summed E-state index contributed by atoms with van der Waals surface area (Å²) < 4.78 is 12.0. The van der Waals surface area contributed by atoms with Crippen LogP contribution in [-0.4, -0.2) is 84.6 Å². The average Bonchev–Trinajstić information content (AvgIpc) is 3.55. The molecule has 1 saturated heterocycles. The zero-order chi connectivity index (χ0) is 26.8. The Morgan fingerprint density at radius 1 is 1.24 bits per heavy atom. The Morgan fingerprint density at radius 2 is 2.00 bits per heavy atom. The lowest BCUT2D eigenvalue weighted by molar-refractivity contribution is -0.137. The summed E-state index contributed by atoms with van der Waals surface area (Å²) in [7, 11) is 1.29. The molecule has 0 spiro atoms. The number of benzene rings is 1. The highest BCUT2D eigenvalue weighted by atomic mass is 16.6. The largest absolute Gasteiger partial charge is 0.453 e. The quantitative estimate of drug-likeness (QED) is 0.321. The normalized spacial score (nSPS) is 22.5. The molecule has 2 aromatic heterocycles. The predicted octanol–water partition coefficient (Wildman–Crippen LogP) is -0.0736. The first-order valence-electron chi connectivity index (χ1n) is 12.0. The van der Waals surface area contributed by atoms with Gasteiger partial charge in [0.1, 0.15) is 17.7 Å².